The van der Waals surface area contributed by atoms with Crippen molar-refractivity contribution in [2.45, 2.75) is 0 Å². The number of hydrogen-bond donors (Lipinski definition) is 3. The van der Waals surface area contributed by atoms with E-state index < -0.39 is 11.5 Å². The number of fused-ring (bicyclic) bond motifs is 1. The minimum atomic E-state index is -1.26. The zero-order valence-corrected chi connectivity index (χ0v) is 10.2. The van der Waals surface area contributed by atoms with E-state index in [-0.39, 0.29) is 63.4 Å². The first-order valence-electron chi connectivity index (χ1n) is 3.84. The molecule has 2 heterocycles. The fourth-order valence-corrected chi connectivity index (χ4v) is 1.04. The summed E-state index contributed by atoms with van der Waals surface area (Å²) in [6.45, 7) is 0. The molecule has 0 aliphatic carbocycles. The van der Waals surface area contributed by atoms with Gasteiger partial charge >= 0.3 is 43.7 Å². The zero-order chi connectivity index (χ0) is 11.0. The molecule has 0 fully saturated rings. The van der Waals surface area contributed by atoms with Crippen LogP contribution in [-0.2, 0) is 0 Å². The number of rotatable bonds is 1. The van der Waals surface area contributed by atoms with Gasteiger partial charge in [-0.05, 0) is 0 Å². The normalized spacial score (nSPS) is 9.75. The van der Waals surface area contributed by atoms with Crippen molar-refractivity contribution in [2.75, 3.05) is 5.73 Å². The number of H-pyrrole nitrogens is 1. The molecule has 2 aromatic heterocycles. The Morgan fingerprint density at radius 1 is 1.50 bits per heavy atom. The molecular weight excluding hydrogens is 242 g/mol. The first kappa shape index (κ1) is 12.8. The molecule has 0 atom stereocenters. The molecule has 0 aliphatic rings. The van der Waals surface area contributed by atoms with E-state index in [1.165, 1.54) is 0 Å². The van der Waals surface area contributed by atoms with Crippen LogP contribution >= 0.6 is 0 Å². The first-order valence-corrected chi connectivity index (χ1v) is 3.84. The van der Waals surface area contributed by atoms with Gasteiger partial charge in [0, 0.05) is 0 Å². The van der Waals surface area contributed by atoms with E-state index in [0.29, 0.717) is 0 Å². The Labute approximate surface area is 121 Å². The number of carboxylic acids is 1. The van der Waals surface area contributed by atoms with Gasteiger partial charge in [-0.2, -0.15) is 4.98 Å². The number of carboxylic acid groups (broad SMARTS) is 1. The van der Waals surface area contributed by atoms with Crippen LogP contribution in [-0.4, -0.2) is 68.7 Å². The minimum Gasteiger partial charge on any atom is -1.00 e. The average molecular weight is 249 g/mol. The van der Waals surface area contributed by atoms with Gasteiger partial charge in [-0.1, -0.05) is 0 Å². The molecule has 16 heavy (non-hydrogen) atoms. The van der Waals surface area contributed by atoms with Crippen molar-refractivity contribution in [1.82, 2.24) is 19.9 Å². The molecule has 0 radical (unpaired) electrons. The number of aromatic nitrogens is 4. The summed E-state index contributed by atoms with van der Waals surface area (Å²) < 4.78 is 0. The number of carbonyl (C=O) groups is 1. The molecule has 0 saturated heterocycles. The Balaban J connectivity index is 0. The molecule has 0 bridgehead atoms. The van der Waals surface area contributed by atoms with Crippen molar-refractivity contribution in [3.63, 3.8) is 0 Å². The molecule has 0 saturated carbocycles. The molecule has 0 aliphatic heterocycles. The Morgan fingerprint density at radius 3 is 2.81 bits per heavy atom. The number of nitrogens with zero attached hydrogens (tertiary/aromatic N) is 3. The number of anilines is 1. The first-order chi connectivity index (χ1) is 7.08. The summed E-state index contributed by atoms with van der Waals surface area (Å²) in [7, 11) is 0. The third-order valence-electron chi connectivity index (χ3n) is 1.66. The molecule has 0 unspecified atom stereocenters. The standard InChI is InChI=1S/C7H5N5O3.Ca.2H/c8-7-11-4-3(5(13)12-7)10-2(1-9-4)6(14)15;;;/h1H,(H,14,15)(H3,8,9,11,12,13);;;/q;+2;2*-1. The van der Waals surface area contributed by atoms with Crippen LogP contribution in [0, 0.1) is 0 Å². The molecule has 0 aromatic carbocycles. The zero-order valence-electron chi connectivity index (χ0n) is 9.97. The van der Waals surface area contributed by atoms with Gasteiger partial charge in [0.25, 0.3) is 5.56 Å². The van der Waals surface area contributed by atoms with Gasteiger partial charge in [-0.25, -0.2) is 14.8 Å². The van der Waals surface area contributed by atoms with Gasteiger partial charge in [0.2, 0.25) is 5.95 Å². The Bertz CT molecular complexity index is 620. The maximum absolute atomic E-state index is 11.3. The summed E-state index contributed by atoms with van der Waals surface area (Å²) in [5, 5.41) is 8.63. The summed E-state index contributed by atoms with van der Waals surface area (Å²) in [5.74, 6) is -1.36. The number of aromatic amines is 1. The summed E-state index contributed by atoms with van der Waals surface area (Å²) in [5.41, 5.74) is 4.20. The summed E-state index contributed by atoms with van der Waals surface area (Å²) >= 11 is 0. The Kier molecular flexibility index (Phi) is 3.79. The van der Waals surface area contributed by atoms with Gasteiger partial charge < -0.3 is 13.7 Å². The predicted octanol–water partition coefficient (Wildman–Crippen LogP) is -1.16. The van der Waals surface area contributed by atoms with Crippen LogP contribution in [0.1, 0.15) is 13.3 Å². The maximum Gasteiger partial charge on any atom is 2.00 e. The van der Waals surface area contributed by atoms with Gasteiger partial charge in [0.15, 0.2) is 16.9 Å². The van der Waals surface area contributed by atoms with Crippen LogP contribution in [0.5, 0.6) is 0 Å². The van der Waals surface area contributed by atoms with Crippen LogP contribution in [0.4, 0.5) is 5.95 Å². The SMILES string of the molecule is Nc1nc2ncc(C(=O)O)nc2c(=O)[nH]1.[Ca+2].[H-].[H-]. The molecular formula is C7H7CaN5O3. The largest absolute Gasteiger partial charge is 2.00 e. The molecule has 4 N–H and O–H groups in total. The summed E-state index contributed by atoms with van der Waals surface area (Å²) in [6.07, 6.45) is 1.01. The van der Waals surface area contributed by atoms with Crippen LogP contribution in [0.2, 0.25) is 0 Å². The monoisotopic (exact) mass is 249 g/mol. The maximum atomic E-state index is 11.3. The quantitative estimate of drug-likeness (QED) is 0.542. The molecule has 2 rings (SSSR count). The minimum absolute atomic E-state index is 0. The van der Waals surface area contributed by atoms with Crippen molar-refractivity contribution in [2.24, 2.45) is 0 Å². The van der Waals surface area contributed by atoms with Crippen LogP contribution in [0.25, 0.3) is 11.2 Å². The topological polar surface area (TPSA) is 135 Å². The van der Waals surface area contributed by atoms with Crippen LogP contribution in [0.3, 0.4) is 0 Å². The number of nitrogens with two attached hydrogens (primary N) is 1. The van der Waals surface area contributed by atoms with E-state index in [1.807, 2.05) is 0 Å². The van der Waals surface area contributed by atoms with E-state index >= 15 is 0 Å². The summed E-state index contributed by atoms with van der Waals surface area (Å²) in [4.78, 5) is 35.0. The number of nitrogens with one attached hydrogen (secondary N) is 1. The van der Waals surface area contributed by atoms with E-state index in [4.69, 9.17) is 10.8 Å². The predicted molar refractivity (Wildman–Crippen MR) is 57.3 cm³/mol. The van der Waals surface area contributed by atoms with Crippen LogP contribution in [0.15, 0.2) is 11.0 Å². The van der Waals surface area contributed by atoms with E-state index in [0.717, 1.165) is 6.20 Å². The van der Waals surface area contributed by atoms with Crippen molar-refractivity contribution >= 4 is 60.8 Å². The number of nitrogen functional groups attached to an aromatic ring is 1. The Hall–Kier alpha value is -1.25. The fourth-order valence-electron chi connectivity index (χ4n) is 1.04. The van der Waals surface area contributed by atoms with Crippen molar-refractivity contribution in [3.8, 4) is 0 Å². The van der Waals surface area contributed by atoms with Crippen molar-refractivity contribution in [3.05, 3.63) is 22.2 Å². The molecule has 80 valence electrons. The van der Waals surface area contributed by atoms with Crippen molar-refractivity contribution in [1.29, 1.82) is 0 Å². The van der Waals surface area contributed by atoms with Gasteiger partial charge in [-0.15, -0.1) is 0 Å². The number of hydrogen-bond acceptors (Lipinski definition) is 6. The second kappa shape index (κ2) is 4.72. The molecule has 0 amide bonds. The van der Waals surface area contributed by atoms with Gasteiger partial charge in [0.1, 0.15) is 0 Å². The fraction of sp³-hybridized carbons (Fsp3) is 0. The molecule has 0 spiro atoms. The van der Waals surface area contributed by atoms with E-state index in [2.05, 4.69) is 19.9 Å². The average Bonchev–Trinajstić information content (AvgIpc) is 2.16. The van der Waals surface area contributed by atoms with E-state index in [9.17, 15) is 9.59 Å². The molecule has 8 nitrogen and oxygen atoms in total. The Morgan fingerprint density at radius 2 is 2.19 bits per heavy atom. The second-order valence-electron chi connectivity index (χ2n) is 2.68. The third kappa shape index (κ3) is 2.29. The van der Waals surface area contributed by atoms with Crippen LogP contribution < -0.4 is 11.3 Å². The third-order valence-corrected chi connectivity index (χ3v) is 1.66. The molecule has 2 aromatic rings. The summed E-state index contributed by atoms with van der Waals surface area (Å²) in [6, 6.07) is 0. The van der Waals surface area contributed by atoms with Crippen molar-refractivity contribution < 1.29 is 12.8 Å². The van der Waals surface area contributed by atoms with Gasteiger partial charge in [0.05, 0.1) is 6.20 Å². The molecule has 9 heteroatoms. The second-order valence-corrected chi connectivity index (χ2v) is 2.68. The van der Waals surface area contributed by atoms with E-state index in [1.54, 1.807) is 0 Å². The van der Waals surface area contributed by atoms with Gasteiger partial charge in [-0.3, -0.25) is 9.78 Å². The smallest absolute Gasteiger partial charge is 1.00 e. The number of aromatic carboxylic acids is 1.